The van der Waals surface area contributed by atoms with E-state index in [-0.39, 0.29) is 11.8 Å². The van der Waals surface area contributed by atoms with E-state index in [1.807, 2.05) is 6.07 Å². The second-order valence-electron chi connectivity index (χ2n) is 7.90. The Balaban J connectivity index is 1.30. The minimum absolute atomic E-state index is 0.272. The molecule has 170 valence electrons. The summed E-state index contributed by atoms with van der Waals surface area (Å²) in [4.78, 5) is 28.4. The first-order valence-corrected chi connectivity index (χ1v) is 11.5. The van der Waals surface area contributed by atoms with Crippen LogP contribution in [0.1, 0.15) is 6.42 Å². The van der Waals surface area contributed by atoms with Crippen molar-refractivity contribution < 1.29 is 9.18 Å². The van der Waals surface area contributed by atoms with Crippen LogP contribution < -0.4 is 15.5 Å². The number of rotatable bonds is 7. The van der Waals surface area contributed by atoms with Crippen LogP contribution in [0.4, 0.5) is 25.8 Å². The summed E-state index contributed by atoms with van der Waals surface area (Å²) < 4.78 is 14.1. The first kappa shape index (κ1) is 22.4. The van der Waals surface area contributed by atoms with Crippen LogP contribution >= 0.6 is 11.3 Å². The number of carbonyl (C=O) groups excluding carboxylic acids is 1. The van der Waals surface area contributed by atoms with Crippen molar-refractivity contribution in [3.8, 4) is 0 Å². The van der Waals surface area contributed by atoms with Gasteiger partial charge in [0.25, 0.3) is 0 Å². The van der Waals surface area contributed by atoms with Crippen LogP contribution in [0.2, 0.25) is 0 Å². The third kappa shape index (κ3) is 5.50. The Kier molecular flexibility index (Phi) is 7.13. The highest BCUT2D eigenvalue weighted by molar-refractivity contribution is 7.22. The number of pyridine rings is 1. The minimum atomic E-state index is -0.312. The minimum Gasteiger partial charge on any atom is -0.338 e. The summed E-state index contributed by atoms with van der Waals surface area (Å²) in [7, 11) is 3.91. The Morgan fingerprint density at radius 1 is 1.16 bits per heavy atom. The van der Waals surface area contributed by atoms with Gasteiger partial charge in [-0.3, -0.25) is 5.32 Å². The highest BCUT2D eigenvalue weighted by atomic mass is 32.1. The summed E-state index contributed by atoms with van der Waals surface area (Å²) in [6.07, 6.45) is 0.907. The number of nitrogens with one attached hydrogen (secondary N) is 2. The molecule has 0 aliphatic carbocycles. The van der Waals surface area contributed by atoms with Gasteiger partial charge >= 0.3 is 6.03 Å². The molecule has 1 saturated heterocycles. The molecule has 0 atom stereocenters. The molecule has 0 radical (unpaired) electrons. The van der Waals surface area contributed by atoms with E-state index in [1.54, 1.807) is 36.2 Å². The monoisotopic (exact) mass is 457 g/mol. The van der Waals surface area contributed by atoms with E-state index in [4.69, 9.17) is 0 Å². The van der Waals surface area contributed by atoms with E-state index in [1.165, 1.54) is 17.4 Å². The number of fused-ring (bicyclic) bond motifs is 1. The molecule has 10 heteroatoms. The molecular weight excluding hydrogens is 429 g/mol. The van der Waals surface area contributed by atoms with Gasteiger partial charge in [0.1, 0.15) is 22.0 Å². The second-order valence-corrected chi connectivity index (χ2v) is 8.88. The van der Waals surface area contributed by atoms with Gasteiger partial charge in [-0.15, -0.1) is 0 Å². The molecule has 1 aliphatic rings. The fraction of sp³-hybridized carbons (Fsp3) is 0.409. The first-order valence-electron chi connectivity index (χ1n) is 10.7. The van der Waals surface area contributed by atoms with Crippen LogP contribution in [0.25, 0.3) is 10.3 Å². The maximum absolute atomic E-state index is 14.1. The van der Waals surface area contributed by atoms with Crippen LogP contribution in [0.15, 0.2) is 36.4 Å². The molecule has 4 rings (SSSR count). The zero-order valence-corrected chi connectivity index (χ0v) is 19.2. The van der Waals surface area contributed by atoms with Gasteiger partial charge in [-0.1, -0.05) is 23.5 Å². The third-order valence-electron chi connectivity index (χ3n) is 5.55. The van der Waals surface area contributed by atoms with E-state index in [0.717, 1.165) is 39.1 Å². The van der Waals surface area contributed by atoms with Gasteiger partial charge < -0.3 is 20.0 Å². The number of hydrogen-bond donors (Lipinski definition) is 2. The summed E-state index contributed by atoms with van der Waals surface area (Å²) in [6, 6.07) is 9.90. The summed E-state index contributed by atoms with van der Waals surface area (Å²) in [6.45, 7) is 5.94. The fourth-order valence-electron chi connectivity index (χ4n) is 3.61. The normalized spacial score (nSPS) is 15.1. The van der Waals surface area contributed by atoms with Crippen LogP contribution in [-0.2, 0) is 0 Å². The molecule has 2 amide bonds. The predicted octanol–water partition coefficient (Wildman–Crippen LogP) is 3.36. The Morgan fingerprint density at radius 3 is 2.72 bits per heavy atom. The maximum Gasteiger partial charge on any atom is 0.321 e. The van der Waals surface area contributed by atoms with Crippen molar-refractivity contribution in [2.75, 3.05) is 63.6 Å². The lowest BCUT2D eigenvalue weighted by atomic mass is 10.3. The van der Waals surface area contributed by atoms with Gasteiger partial charge in [0.15, 0.2) is 5.13 Å². The fourth-order valence-corrected chi connectivity index (χ4v) is 4.44. The topological polar surface area (TPSA) is 76.6 Å². The molecule has 0 spiro atoms. The lowest BCUT2D eigenvalue weighted by molar-refractivity contribution is 0.153. The van der Waals surface area contributed by atoms with Crippen LogP contribution in [0, 0.1) is 5.82 Å². The molecule has 1 fully saturated rings. The lowest BCUT2D eigenvalue weighted by Crippen LogP contribution is -2.45. The van der Waals surface area contributed by atoms with Crippen LogP contribution in [0.5, 0.6) is 0 Å². The van der Waals surface area contributed by atoms with E-state index >= 15 is 0 Å². The highest BCUT2D eigenvalue weighted by Crippen LogP contribution is 2.29. The number of amides is 2. The SMILES string of the molecule is CN1CCN(CCCNC(=O)Nc2nc3ccc(N(C)c4ccccc4F)nc3s2)CC1. The molecule has 1 aromatic carbocycles. The van der Waals surface area contributed by atoms with Crippen LogP contribution in [0.3, 0.4) is 0 Å². The van der Waals surface area contributed by atoms with Gasteiger partial charge in [0.05, 0.1) is 5.69 Å². The predicted molar refractivity (Wildman–Crippen MR) is 127 cm³/mol. The van der Waals surface area contributed by atoms with Gasteiger partial charge in [-0.25, -0.2) is 19.2 Å². The van der Waals surface area contributed by atoms with Crippen molar-refractivity contribution in [2.24, 2.45) is 0 Å². The molecule has 0 unspecified atom stereocenters. The average Bonchev–Trinajstić information content (AvgIpc) is 3.19. The van der Waals surface area contributed by atoms with Crippen molar-refractivity contribution in [3.05, 3.63) is 42.2 Å². The van der Waals surface area contributed by atoms with Crippen LogP contribution in [-0.4, -0.2) is 79.2 Å². The number of nitrogens with zero attached hydrogens (tertiary/aromatic N) is 5. The number of hydrogen-bond acceptors (Lipinski definition) is 7. The summed E-state index contributed by atoms with van der Waals surface area (Å²) in [5, 5.41) is 6.16. The second kappa shape index (κ2) is 10.2. The zero-order chi connectivity index (χ0) is 22.5. The standard InChI is InChI=1S/C22H28FN7OS/c1-28-12-14-30(15-13-28)11-5-10-24-21(31)27-22-25-17-8-9-19(26-20(17)32-22)29(2)18-7-4-3-6-16(18)23/h3-4,6-9H,5,10-15H2,1-2H3,(H2,24,25,27,31). The number of anilines is 3. The number of piperazine rings is 1. The maximum atomic E-state index is 14.1. The van der Waals surface area contributed by atoms with E-state index in [9.17, 15) is 9.18 Å². The molecule has 3 heterocycles. The molecule has 1 aliphatic heterocycles. The quantitative estimate of drug-likeness (QED) is 0.530. The van der Waals surface area contributed by atoms with Gasteiger partial charge in [0, 0.05) is 39.8 Å². The van der Waals surface area contributed by atoms with Crippen molar-refractivity contribution >= 4 is 44.4 Å². The van der Waals surface area contributed by atoms with Gasteiger partial charge in [-0.05, 0) is 44.3 Å². The Labute approximate surface area is 191 Å². The number of para-hydroxylation sites is 1. The molecule has 0 bridgehead atoms. The molecule has 2 aromatic heterocycles. The molecule has 8 nitrogen and oxygen atoms in total. The number of benzene rings is 1. The van der Waals surface area contributed by atoms with E-state index < -0.39 is 0 Å². The van der Waals surface area contributed by atoms with Crippen molar-refractivity contribution in [2.45, 2.75) is 6.42 Å². The number of aromatic nitrogens is 2. The molecule has 32 heavy (non-hydrogen) atoms. The molecule has 0 saturated carbocycles. The number of carbonyl (C=O) groups is 1. The molecule has 3 aromatic rings. The lowest BCUT2D eigenvalue weighted by Gasteiger charge is -2.32. The van der Waals surface area contributed by atoms with E-state index in [2.05, 4.69) is 37.4 Å². The third-order valence-corrected chi connectivity index (χ3v) is 6.43. The van der Waals surface area contributed by atoms with E-state index in [0.29, 0.717) is 33.5 Å². The highest BCUT2D eigenvalue weighted by Gasteiger charge is 2.15. The Hall–Kier alpha value is -2.82. The number of thiazole rings is 1. The largest absolute Gasteiger partial charge is 0.338 e. The van der Waals surface area contributed by atoms with Gasteiger partial charge in [0.2, 0.25) is 0 Å². The number of likely N-dealkylation sites (N-methyl/N-ethyl adjacent to an activating group) is 1. The summed E-state index contributed by atoms with van der Waals surface area (Å²) in [5.41, 5.74) is 1.13. The Bertz CT molecular complexity index is 1070. The zero-order valence-electron chi connectivity index (χ0n) is 18.3. The molecule has 2 N–H and O–H groups in total. The summed E-state index contributed by atoms with van der Waals surface area (Å²) >= 11 is 1.29. The van der Waals surface area contributed by atoms with Crippen molar-refractivity contribution in [1.29, 1.82) is 0 Å². The van der Waals surface area contributed by atoms with Crippen molar-refractivity contribution in [1.82, 2.24) is 25.1 Å². The average molecular weight is 458 g/mol. The van der Waals surface area contributed by atoms with Gasteiger partial charge in [-0.2, -0.15) is 0 Å². The number of urea groups is 1. The Morgan fingerprint density at radius 2 is 1.94 bits per heavy atom. The smallest absolute Gasteiger partial charge is 0.321 e. The molecular formula is C22H28FN7OS. The summed E-state index contributed by atoms with van der Waals surface area (Å²) in [5.74, 6) is 0.291. The first-order chi connectivity index (χ1) is 15.5. The van der Waals surface area contributed by atoms with Crippen molar-refractivity contribution in [3.63, 3.8) is 0 Å². The number of halogens is 1.